The molecule has 0 aliphatic heterocycles. The second-order valence-corrected chi connectivity index (χ2v) is 9.13. The number of rotatable bonds is 15. The number of unbranched alkanes of at least 4 members (excludes halogenated alkanes) is 6. The predicted molar refractivity (Wildman–Crippen MR) is 130 cm³/mol. The van der Waals surface area contributed by atoms with Crippen molar-refractivity contribution in [2.24, 2.45) is 5.92 Å². The summed E-state index contributed by atoms with van der Waals surface area (Å²) in [5.74, 6) is 0.674. The van der Waals surface area contributed by atoms with Crippen molar-refractivity contribution in [2.75, 3.05) is 6.61 Å². The Kier molecular flexibility index (Phi) is 11.7. The molecule has 4 heteroatoms. The van der Waals surface area contributed by atoms with Gasteiger partial charge in [-0.25, -0.2) is 4.79 Å². The summed E-state index contributed by atoms with van der Waals surface area (Å²) < 4.78 is 5.27. The Morgan fingerprint density at radius 2 is 1.53 bits per heavy atom. The van der Waals surface area contributed by atoms with E-state index in [1.165, 1.54) is 11.8 Å². The molecule has 1 aromatic heterocycles. The number of ketones is 1. The van der Waals surface area contributed by atoms with Gasteiger partial charge in [-0.05, 0) is 48.4 Å². The highest BCUT2D eigenvalue weighted by Crippen LogP contribution is 2.21. The quantitative estimate of drug-likeness (QED) is 0.224. The molecule has 174 valence electrons. The van der Waals surface area contributed by atoms with Gasteiger partial charge in [-0.3, -0.25) is 9.78 Å². The van der Waals surface area contributed by atoms with E-state index in [9.17, 15) is 9.59 Å². The minimum Gasteiger partial charge on any atom is -0.462 e. The Hall–Kier alpha value is -2.49. The third-order valence-corrected chi connectivity index (χ3v) is 5.80. The maximum absolute atomic E-state index is 12.5. The molecule has 1 unspecified atom stereocenters. The molecule has 1 heterocycles. The molecule has 0 amide bonds. The van der Waals surface area contributed by atoms with Crippen molar-refractivity contribution in [3.05, 3.63) is 65.5 Å². The molecule has 0 spiro atoms. The number of ether oxygens (including phenoxy) is 1. The highest BCUT2D eigenvalue weighted by atomic mass is 16.5. The summed E-state index contributed by atoms with van der Waals surface area (Å²) in [5, 5.41) is 0. The van der Waals surface area contributed by atoms with E-state index in [-0.39, 0.29) is 11.9 Å². The van der Waals surface area contributed by atoms with Crippen molar-refractivity contribution >= 4 is 11.8 Å². The van der Waals surface area contributed by atoms with Crippen molar-refractivity contribution < 1.29 is 14.3 Å². The molecule has 0 aliphatic rings. The van der Waals surface area contributed by atoms with Crippen molar-refractivity contribution in [3.8, 4) is 0 Å². The highest BCUT2D eigenvalue weighted by molar-refractivity contribution is 5.88. The molecule has 0 bridgehead atoms. The SMILES string of the molecule is CC(C)Cc1ccc(C(C)C(=O)CCCCCCCCCOC(=O)c2cccnc2)cc1. The molecule has 0 radical (unpaired) electrons. The van der Waals surface area contributed by atoms with Crippen LogP contribution in [0, 0.1) is 5.92 Å². The average Bonchev–Trinajstić information content (AvgIpc) is 2.80. The summed E-state index contributed by atoms with van der Waals surface area (Å²) in [6.45, 7) is 6.93. The third kappa shape index (κ3) is 9.76. The smallest absolute Gasteiger partial charge is 0.339 e. The van der Waals surface area contributed by atoms with E-state index in [4.69, 9.17) is 4.74 Å². The Labute approximate surface area is 193 Å². The molecule has 0 N–H and O–H groups in total. The minimum absolute atomic E-state index is 0.0162. The third-order valence-electron chi connectivity index (χ3n) is 5.80. The van der Waals surface area contributed by atoms with Gasteiger partial charge in [-0.15, -0.1) is 0 Å². The van der Waals surface area contributed by atoms with Gasteiger partial charge in [0.15, 0.2) is 0 Å². The van der Waals surface area contributed by atoms with Crippen molar-refractivity contribution in [1.82, 2.24) is 4.98 Å². The number of carbonyl (C=O) groups excluding carboxylic acids is 2. The topological polar surface area (TPSA) is 56.3 Å². The van der Waals surface area contributed by atoms with Crippen LogP contribution in [0.3, 0.4) is 0 Å². The molecule has 2 rings (SSSR count). The second-order valence-electron chi connectivity index (χ2n) is 9.13. The largest absolute Gasteiger partial charge is 0.462 e. The van der Waals surface area contributed by atoms with Crippen LogP contribution in [0.25, 0.3) is 0 Å². The van der Waals surface area contributed by atoms with Crippen molar-refractivity contribution in [3.63, 3.8) is 0 Å². The van der Waals surface area contributed by atoms with Crippen LogP contribution < -0.4 is 0 Å². The maximum Gasteiger partial charge on any atom is 0.339 e. The van der Waals surface area contributed by atoms with Gasteiger partial charge in [0, 0.05) is 24.7 Å². The van der Waals surface area contributed by atoms with E-state index in [2.05, 4.69) is 43.1 Å². The van der Waals surface area contributed by atoms with E-state index in [0.29, 0.717) is 30.3 Å². The number of carbonyl (C=O) groups is 2. The molecular formula is C28H39NO3. The van der Waals surface area contributed by atoms with Crippen LogP contribution in [-0.2, 0) is 16.0 Å². The van der Waals surface area contributed by atoms with Crippen LogP contribution in [0.2, 0.25) is 0 Å². The van der Waals surface area contributed by atoms with Crippen LogP contribution in [0.5, 0.6) is 0 Å². The van der Waals surface area contributed by atoms with E-state index < -0.39 is 0 Å². The molecule has 4 nitrogen and oxygen atoms in total. The maximum atomic E-state index is 12.5. The highest BCUT2D eigenvalue weighted by Gasteiger charge is 2.14. The zero-order valence-electron chi connectivity index (χ0n) is 20.0. The standard InChI is InChI=1S/C28H39NO3/c1-22(2)20-24-14-16-25(17-15-24)23(3)27(30)13-9-7-5-4-6-8-10-19-32-28(31)26-12-11-18-29-21-26/h11-12,14-18,21-23H,4-10,13,19-20H2,1-3H3. The molecule has 0 saturated carbocycles. The number of esters is 1. The fourth-order valence-corrected chi connectivity index (χ4v) is 3.83. The average molecular weight is 438 g/mol. The Morgan fingerprint density at radius 3 is 2.16 bits per heavy atom. The molecule has 2 aromatic rings. The first kappa shape index (κ1) is 25.8. The predicted octanol–water partition coefficient (Wildman–Crippen LogP) is 6.93. The van der Waals surface area contributed by atoms with Gasteiger partial charge in [0.2, 0.25) is 0 Å². The summed E-state index contributed by atoms with van der Waals surface area (Å²) in [6, 6.07) is 12.0. The number of nitrogens with zero attached hydrogens (tertiary/aromatic N) is 1. The Bertz CT molecular complexity index is 799. The lowest BCUT2D eigenvalue weighted by molar-refractivity contribution is -0.120. The first-order valence-corrected chi connectivity index (χ1v) is 12.2. The number of pyridine rings is 1. The van der Waals surface area contributed by atoms with Gasteiger partial charge < -0.3 is 4.74 Å². The van der Waals surface area contributed by atoms with Crippen LogP contribution in [0.4, 0.5) is 0 Å². The van der Waals surface area contributed by atoms with Crippen LogP contribution in [0.1, 0.15) is 99.5 Å². The van der Waals surface area contributed by atoms with Gasteiger partial charge in [-0.2, -0.15) is 0 Å². The number of benzene rings is 1. The molecule has 0 fully saturated rings. The number of aromatic nitrogens is 1. The number of hydrogen-bond donors (Lipinski definition) is 0. The summed E-state index contributed by atoms with van der Waals surface area (Å²) in [4.78, 5) is 28.3. The Balaban J connectivity index is 1.49. The van der Waals surface area contributed by atoms with E-state index in [1.807, 2.05) is 6.92 Å². The lowest BCUT2D eigenvalue weighted by atomic mass is 9.91. The molecule has 32 heavy (non-hydrogen) atoms. The zero-order chi connectivity index (χ0) is 23.2. The first-order chi connectivity index (χ1) is 15.5. The van der Waals surface area contributed by atoms with E-state index in [1.54, 1.807) is 18.3 Å². The monoisotopic (exact) mass is 437 g/mol. The molecule has 0 saturated heterocycles. The minimum atomic E-state index is -0.302. The number of hydrogen-bond acceptors (Lipinski definition) is 4. The molecular weight excluding hydrogens is 398 g/mol. The first-order valence-electron chi connectivity index (χ1n) is 12.2. The van der Waals surface area contributed by atoms with Crippen molar-refractivity contribution in [2.45, 2.75) is 84.5 Å². The van der Waals surface area contributed by atoms with E-state index in [0.717, 1.165) is 56.9 Å². The van der Waals surface area contributed by atoms with E-state index >= 15 is 0 Å². The lowest BCUT2D eigenvalue weighted by Crippen LogP contribution is -2.09. The van der Waals surface area contributed by atoms with Gasteiger partial charge in [-0.1, -0.05) is 77.1 Å². The second kappa shape index (κ2) is 14.5. The van der Waals surface area contributed by atoms with Crippen molar-refractivity contribution in [1.29, 1.82) is 0 Å². The normalized spacial score (nSPS) is 12.0. The van der Waals surface area contributed by atoms with Crippen LogP contribution in [0.15, 0.2) is 48.8 Å². The fraction of sp³-hybridized carbons (Fsp3) is 0.536. The number of Topliss-reactive ketones (excluding diaryl/α,β-unsaturated/α-hetero) is 1. The van der Waals surface area contributed by atoms with Gasteiger partial charge in [0.25, 0.3) is 0 Å². The summed E-state index contributed by atoms with van der Waals surface area (Å²) in [6.07, 6.45) is 12.4. The lowest BCUT2D eigenvalue weighted by Gasteiger charge is -2.12. The summed E-state index contributed by atoms with van der Waals surface area (Å²) in [5.41, 5.74) is 2.97. The zero-order valence-corrected chi connectivity index (χ0v) is 20.0. The fourth-order valence-electron chi connectivity index (χ4n) is 3.83. The molecule has 1 atom stereocenters. The molecule has 0 aliphatic carbocycles. The summed E-state index contributed by atoms with van der Waals surface area (Å²) >= 11 is 0. The summed E-state index contributed by atoms with van der Waals surface area (Å²) in [7, 11) is 0. The Morgan fingerprint density at radius 1 is 0.875 bits per heavy atom. The van der Waals surface area contributed by atoms with Crippen LogP contribution in [-0.4, -0.2) is 23.3 Å². The van der Waals surface area contributed by atoms with Gasteiger partial charge in [0.1, 0.15) is 5.78 Å². The molecule has 1 aromatic carbocycles. The van der Waals surface area contributed by atoms with Gasteiger partial charge >= 0.3 is 5.97 Å². The van der Waals surface area contributed by atoms with Crippen LogP contribution >= 0.6 is 0 Å². The van der Waals surface area contributed by atoms with Gasteiger partial charge in [0.05, 0.1) is 12.2 Å².